The molecule has 0 unspecified atom stereocenters. The number of pyridine rings is 1. The van der Waals surface area contributed by atoms with Crippen molar-refractivity contribution in [1.82, 2.24) is 4.98 Å². The molecule has 0 spiro atoms. The highest BCUT2D eigenvalue weighted by atomic mass is 35.5. The highest BCUT2D eigenvalue weighted by molar-refractivity contribution is 5.85. The fourth-order valence-electron chi connectivity index (χ4n) is 0.593. The Balaban J connectivity index is 0. The molecule has 1 aromatic rings. The van der Waals surface area contributed by atoms with Crippen LogP contribution in [0.1, 0.15) is 5.69 Å². The van der Waals surface area contributed by atoms with Crippen LogP contribution in [0.25, 0.3) is 0 Å². The molecular formula is C6H8Cl2F2N2. The largest absolute Gasteiger partial charge is 0.325 e. The van der Waals surface area contributed by atoms with Crippen LogP contribution < -0.4 is 5.73 Å². The molecule has 0 saturated carbocycles. The van der Waals surface area contributed by atoms with Crippen LogP contribution in [0, 0.1) is 11.6 Å². The maximum absolute atomic E-state index is 12.5. The fourth-order valence-corrected chi connectivity index (χ4v) is 0.593. The standard InChI is InChI=1S/C6H6F2N2.2ClH/c7-4-1-5(8)6(2-9)10-3-4;;/h1,3H,2,9H2;2*1H. The van der Waals surface area contributed by atoms with Gasteiger partial charge >= 0.3 is 0 Å². The molecule has 0 atom stereocenters. The van der Waals surface area contributed by atoms with Crippen molar-refractivity contribution >= 4 is 24.8 Å². The zero-order valence-corrected chi connectivity index (χ0v) is 7.59. The van der Waals surface area contributed by atoms with Crippen LogP contribution in [-0.4, -0.2) is 4.98 Å². The number of halogens is 4. The van der Waals surface area contributed by atoms with Gasteiger partial charge in [0, 0.05) is 12.6 Å². The van der Waals surface area contributed by atoms with Gasteiger partial charge in [-0.15, -0.1) is 24.8 Å². The van der Waals surface area contributed by atoms with E-state index in [0.717, 1.165) is 12.3 Å². The average Bonchev–Trinajstić information content (AvgIpc) is 1.88. The molecule has 6 heteroatoms. The number of nitrogens with zero attached hydrogens (tertiary/aromatic N) is 1. The zero-order valence-electron chi connectivity index (χ0n) is 5.96. The second-order valence-corrected chi connectivity index (χ2v) is 1.79. The predicted molar refractivity (Wildman–Crippen MR) is 46.5 cm³/mol. The molecule has 70 valence electrons. The van der Waals surface area contributed by atoms with E-state index in [1.54, 1.807) is 0 Å². The van der Waals surface area contributed by atoms with Crippen molar-refractivity contribution in [2.45, 2.75) is 6.54 Å². The van der Waals surface area contributed by atoms with Crippen molar-refractivity contribution in [3.8, 4) is 0 Å². The molecule has 0 amide bonds. The summed E-state index contributed by atoms with van der Waals surface area (Å²) in [5, 5.41) is 0. The number of rotatable bonds is 1. The molecule has 0 fully saturated rings. The molecule has 12 heavy (non-hydrogen) atoms. The van der Waals surface area contributed by atoms with Gasteiger partial charge in [-0.1, -0.05) is 0 Å². The maximum atomic E-state index is 12.5. The first-order valence-electron chi connectivity index (χ1n) is 2.74. The lowest BCUT2D eigenvalue weighted by molar-refractivity contribution is 0.558. The third kappa shape index (κ3) is 3.30. The van der Waals surface area contributed by atoms with E-state index < -0.39 is 11.6 Å². The third-order valence-electron chi connectivity index (χ3n) is 1.08. The fraction of sp³-hybridized carbons (Fsp3) is 0.167. The van der Waals surface area contributed by atoms with Crippen molar-refractivity contribution in [2.24, 2.45) is 5.73 Å². The van der Waals surface area contributed by atoms with Gasteiger partial charge in [0.2, 0.25) is 0 Å². The lowest BCUT2D eigenvalue weighted by atomic mass is 10.3. The van der Waals surface area contributed by atoms with E-state index in [1.165, 1.54) is 0 Å². The quantitative estimate of drug-likeness (QED) is 0.776. The summed E-state index contributed by atoms with van der Waals surface area (Å²) in [5.41, 5.74) is 5.16. The minimum atomic E-state index is -0.692. The van der Waals surface area contributed by atoms with Crippen molar-refractivity contribution in [2.75, 3.05) is 0 Å². The predicted octanol–water partition coefficient (Wildman–Crippen LogP) is 1.66. The zero-order chi connectivity index (χ0) is 7.56. The normalized spacial score (nSPS) is 8.25. The van der Waals surface area contributed by atoms with Gasteiger partial charge in [-0.05, 0) is 0 Å². The molecular weight excluding hydrogens is 209 g/mol. The molecule has 0 aliphatic carbocycles. The van der Waals surface area contributed by atoms with Gasteiger partial charge in [0.05, 0.1) is 11.9 Å². The summed E-state index contributed by atoms with van der Waals surface area (Å²) in [6.07, 6.45) is 0.936. The van der Waals surface area contributed by atoms with Crippen LogP contribution in [0.2, 0.25) is 0 Å². The van der Waals surface area contributed by atoms with Crippen LogP contribution in [0.3, 0.4) is 0 Å². The van der Waals surface area contributed by atoms with Crippen LogP contribution in [0.5, 0.6) is 0 Å². The first kappa shape index (κ1) is 14.1. The smallest absolute Gasteiger partial charge is 0.148 e. The highest BCUT2D eigenvalue weighted by Gasteiger charge is 2.01. The first-order chi connectivity index (χ1) is 4.74. The third-order valence-corrected chi connectivity index (χ3v) is 1.08. The summed E-state index contributed by atoms with van der Waals surface area (Å²) in [6, 6.07) is 0.759. The molecule has 2 nitrogen and oxygen atoms in total. The molecule has 0 aliphatic rings. The van der Waals surface area contributed by atoms with Gasteiger partial charge in [0.25, 0.3) is 0 Å². The van der Waals surface area contributed by atoms with E-state index in [4.69, 9.17) is 5.73 Å². The Bertz CT molecular complexity index is 245. The molecule has 1 rings (SSSR count). The Morgan fingerprint density at radius 2 is 1.92 bits per heavy atom. The topological polar surface area (TPSA) is 38.9 Å². The monoisotopic (exact) mass is 216 g/mol. The van der Waals surface area contributed by atoms with Gasteiger partial charge in [-0.3, -0.25) is 4.98 Å². The molecule has 0 radical (unpaired) electrons. The first-order valence-corrected chi connectivity index (χ1v) is 2.74. The molecule has 0 aliphatic heterocycles. The summed E-state index contributed by atoms with van der Waals surface area (Å²) in [4.78, 5) is 3.42. The van der Waals surface area contributed by atoms with Gasteiger partial charge in [-0.2, -0.15) is 0 Å². The van der Waals surface area contributed by atoms with E-state index in [9.17, 15) is 8.78 Å². The van der Waals surface area contributed by atoms with Crippen LogP contribution in [0.4, 0.5) is 8.78 Å². The number of aromatic nitrogens is 1. The van der Waals surface area contributed by atoms with E-state index in [1.807, 2.05) is 0 Å². The Morgan fingerprint density at radius 1 is 1.33 bits per heavy atom. The van der Waals surface area contributed by atoms with E-state index >= 15 is 0 Å². The van der Waals surface area contributed by atoms with E-state index in [0.29, 0.717) is 0 Å². The van der Waals surface area contributed by atoms with Crippen molar-refractivity contribution in [1.29, 1.82) is 0 Å². The Hall–Kier alpha value is -0.450. The molecule has 0 aromatic carbocycles. The SMILES string of the molecule is Cl.Cl.NCc1ncc(F)cc1F. The summed E-state index contributed by atoms with van der Waals surface area (Å²) >= 11 is 0. The Morgan fingerprint density at radius 3 is 2.33 bits per heavy atom. The molecule has 0 bridgehead atoms. The summed E-state index contributed by atoms with van der Waals surface area (Å²) in [7, 11) is 0. The summed E-state index contributed by atoms with van der Waals surface area (Å²) in [6.45, 7) is -0.00782. The minimum absolute atomic E-state index is 0. The summed E-state index contributed by atoms with van der Waals surface area (Å²) in [5.74, 6) is -1.38. The molecule has 0 saturated heterocycles. The second-order valence-electron chi connectivity index (χ2n) is 1.79. The van der Waals surface area contributed by atoms with Gasteiger partial charge < -0.3 is 5.73 Å². The number of nitrogens with two attached hydrogens (primary N) is 1. The van der Waals surface area contributed by atoms with Crippen molar-refractivity contribution < 1.29 is 8.78 Å². The molecule has 1 heterocycles. The van der Waals surface area contributed by atoms with Crippen molar-refractivity contribution in [3.63, 3.8) is 0 Å². The second kappa shape index (κ2) is 6.11. The minimum Gasteiger partial charge on any atom is -0.325 e. The van der Waals surface area contributed by atoms with Gasteiger partial charge in [0.15, 0.2) is 0 Å². The maximum Gasteiger partial charge on any atom is 0.148 e. The molecule has 1 aromatic heterocycles. The average molecular weight is 217 g/mol. The number of hydrogen-bond acceptors (Lipinski definition) is 2. The summed E-state index contributed by atoms with van der Waals surface area (Å²) < 4.78 is 24.6. The lowest BCUT2D eigenvalue weighted by Gasteiger charge is -1.95. The Labute approximate surface area is 81.0 Å². The van der Waals surface area contributed by atoms with Crippen molar-refractivity contribution in [3.05, 3.63) is 29.6 Å². The van der Waals surface area contributed by atoms with E-state index in [-0.39, 0.29) is 37.1 Å². The van der Waals surface area contributed by atoms with Gasteiger partial charge in [0.1, 0.15) is 11.6 Å². The highest BCUT2D eigenvalue weighted by Crippen LogP contribution is 2.03. The van der Waals surface area contributed by atoms with E-state index in [2.05, 4.69) is 4.98 Å². The van der Waals surface area contributed by atoms with Gasteiger partial charge in [-0.25, -0.2) is 8.78 Å². The molecule has 2 N–H and O–H groups in total. The number of hydrogen-bond donors (Lipinski definition) is 1. The lowest BCUT2D eigenvalue weighted by Crippen LogP contribution is -2.02. The van der Waals surface area contributed by atoms with Crippen LogP contribution in [0.15, 0.2) is 12.3 Å². The Kier molecular flexibility index (Phi) is 7.18. The van der Waals surface area contributed by atoms with Crippen LogP contribution >= 0.6 is 24.8 Å². The van der Waals surface area contributed by atoms with Crippen LogP contribution in [-0.2, 0) is 6.54 Å².